The van der Waals surface area contributed by atoms with Gasteiger partial charge in [-0.25, -0.2) is 9.97 Å². The van der Waals surface area contributed by atoms with Crippen LogP contribution in [0.3, 0.4) is 0 Å². The molecule has 8 heteroatoms. The van der Waals surface area contributed by atoms with Gasteiger partial charge in [-0.15, -0.1) is 0 Å². The summed E-state index contributed by atoms with van der Waals surface area (Å²) >= 11 is 12.1. The number of anilines is 1. The molecule has 0 aliphatic heterocycles. The topological polar surface area (TPSA) is 76.1 Å². The van der Waals surface area contributed by atoms with Crippen molar-refractivity contribution >= 4 is 34.9 Å². The number of aromatic nitrogens is 2. The third kappa shape index (κ3) is 3.48. The van der Waals surface area contributed by atoms with Gasteiger partial charge in [0.25, 0.3) is 5.88 Å². The van der Waals surface area contributed by atoms with E-state index in [-0.39, 0.29) is 17.7 Å². The Morgan fingerprint density at radius 2 is 2.09 bits per heavy atom. The van der Waals surface area contributed by atoms with Crippen LogP contribution < -0.4 is 15.6 Å². The van der Waals surface area contributed by atoms with E-state index in [9.17, 15) is 4.79 Å². The van der Waals surface area contributed by atoms with E-state index in [0.717, 1.165) is 12.0 Å². The van der Waals surface area contributed by atoms with E-state index >= 15 is 0 Å². The summed E-state index contributed by atoms with van der Waals surface area (Å²) < 4.78 is 5.05. The van der Waals surface area contributed by atoms with Gasteiger partial charge in [-0.1, -0.05) is 29.3 Å². The summed E-state index contributed by atoms with van der Waals surface area (Å²) in [5.74, 6) is 0.494. The smallest absolute Gasteiger partial charge is 0.258 e. The van der Waals surface area contributed by atoms with Crippen LogP contribution in [0.4, 0.5) is 5.82 Å². The normalized spacial score (nSPS) is 19.1. The lowest BCUT2D eigenvalue weighted by atomic mass is 10.1. The molecule has 2 atom stereocenters. The van der Waals surface area contributed by atoms with Crippen molar-refractivity contribution in [3.8, 4) is 5.88 Å². The molecule has 120 valence electrons. The average Bonchev–Trinajstić information content (AvgIpc) is 3.33. The van der Waals surface area contributed by atoms with Crippen LogP contribution in [-0.4, -0.2) is 23.0 Å². The molecule has 1 aromatic carbocycles. The zero-order chi connectivity index (χ0) is 16.4. The Morgan fingerprint density at radius 1 is 1.30 bits per heavy atom. The highest BCUT2D eigenvalue weighted by atomic mass is 35.5. The second-order valence-electron chi connectivity index (χ2n) is 5.14. The first kappa shape index (κ1) is 15.8. The zero-order valence-corrected chi connectivity index (χ0v) is 13.7. The van der Waals surface area contributed by atoms with Gasteiger partial charge in [0.05, 0.1) is 7.11 Å². The number of hydrazine groups is 1. The predicted molar refractivity (Wildman–Crippen MR) is 87.7 cm³/mol. The van der Waals surface area contributed by atoms with Gasteiger partial charge in [0, 0.05) is 28.4 Å². The van der Waals surface area contributed by atoms with Gasteiger partial charge in [0.15, 0.2) is 0 Å². The molecule has 0 radical (unpaired) electrons. The van der Waals surface area contributed by atoms with Gasteiger partial charge in [-0.05, 0) is 30.0 Å². The second kappa shape index (κ2) is 6.60. The number of nitrogens with one attached hydrogen (secondary N) is 2. The van der Waals surface area contributed by atoms with Crippen molar-refractivity contribution in [3.05, 3.63) is 46.2 Å². The summed E-state index contributed by atoms with van der Waals surface area (Å²) in [4.78, 5) is 20.3. The van der Waals surface area contributed by atoms with Crippen LogP contribution in [-0.2, 0) is 4.79 Å². The Balaban J connectivity index is 1.60. The summed E-state index contributed by atoms with van der Waals surface area (Å²) in [5, 5.41) is 1.16. The zero-order valence-electron chi connectivity index (χ0n) is 12.2. The molecule has 0 saturated heterocycles. The van der Waals surface area contributed by atoms with Crippen molar-refractivity contribution in [3.63, 3.8) is 0 Å². The third-order valence-electron chi connectivity index (χ3n) is 3.65. The summed E-state index contributed by atoms with van der Waals surface area (Å²) in [6.45, 7) is 0. The lowest BCUT2D eigenvalue weighted by Gasteiger charge is -2.10. The van der Waals surface area contributed by atoms with Crippen LogP contribution in [0.25, 0.3) is 0 Å². The van der Waals surface area contributed by atoms with Gasteiger partial charge >= 0.3 is 0 Å². The van der Waals surface area contributed by atoms with Crippen molar-refractivity contribution in [1.82, 2.24) is 15.4 Å². The lowest BCUT2D eigenvalue weighted by molar-refractivity contribution is -0.121. The van der Waals surface area contributed by atoms with Crippen LogP contribution >= 0.6 is 23.2 Å². The first-order valence-electron chi connectivity index (χ1n) is 6.96. The maximum absolute atomic E-state index is 12.2. The van der Waals surface area contributed by atoms with E-state index in [1.54, 1.807) is 12.1 Å². The van der Waals surface area contributed by atoms with E-state index in [2.05, 4.69) is 20.8 Å². The Morgan fingerprint density at radius 3 is 2.83 bits per heavy atom. The van der Waals surface area contributed by atoms with Crippen molar-refractivity contribution < 1.29 is 9.53 Å². The first-order valence-corrected chi connectivity index (χ1v) is 7.71. The Labute approximate surface area is 143 Å². The lowest BCUT2D eigenvalue weighted by Crippen LogP contribution is -2.31. The van der Waals surface area contributed by atoms with E-state index in [1.165, 1.54) is 19.5 Å². The number of amides is 1. The van der Waals surface area contributed by atoms with Crippen molar-refractivity contribution in [1.29, 1.82) is 0 Å². The monoisotopic (exact) mass is 352 g/mol. The maximum atomic E-state index is 12.2. The van der Waals surface area contributed by atoms with E-state index in [4.69, 9.17) is 27.9 Å². The quantitative estimate of drug-likeness (QED) is 0.808. The summed E-state index contributed by atoms with van der Waals surface area (Å²) in [6, 6.07) is 5.33. The highest BCUT2D eigenvalue weighted by Gasteiger charge is 2.45. The largest absolute Gasteiger partial charge is 0.478 e. The second-order valence-corrected chi connectivity index (χ2v) is 5.99. The first-order chi connectivity index (χ1) is 11.1. The fourth-order valence-electron chi connectivity index (χ4n) is 2.40. The standard InChI is InChI=1S/C15H14Cl2N4O2/c1-23-15-13(18-4-5-19-15)20-21-14(22)11-7-10(11)9-3-2-8(16)6-12(9)17/h2-6,10-11H,7H2,1H3,(H,18,20)(H,21,22)/t10-,11-/m0/s1. The number of hydrogen-bond acceptors (Lipinski definition) is 5. The van der Waals surface area contributed by atoms with Crippen molar-refractivity contribution in [2.24, 2.45) is 5.92 Å². The molecule has 1 aliphatic carbocycles. The number of hydrogen-bond donors (Lipinski definition) is 2. The average molecular weight is 353 g/mol. The summed E-state index contributed by atoms with van der Waals surface area (Å²) in [5.41, 5.74) is 6.29. The van der Waals surface area contributed by atoms with E-state index in [0.29, 0.717) is 21.7 Å². The van der Waals surface area contributed by atoms with Crippen LogP contribution in [0, 0.1) is 5.92 Å². The van der Waals surface area contributed by atoms with Gasteiger partial charge in [-0.3, -0.25) is 15.6 Å². The van der Waals surface area contributed by atoms with Gasteiger partial charge in [0.1, 0.15) is 0 Å². The summed E-state index contributed by atoms with van der Waals surface area (Å²) in [7, 11) is 1.48. The highest BCUT2D eigenvalue weighted by molar-refractivity contribution is 6.35. The van der Waals surface area contributed by atoms with E-state index in [1.807, 2.05) is 6.07 Å². The Bertz CT molecular complexity index is 741. The molecule has 1 aromatic heterocycles. The van der Waals surface area contributed by atoms with Gasteiger partial charge < -0.3 is 4.74 Å². The molecular formula is C15H14Cl2N4O2. The molecule has 1 saturated carbocycles. The number of halogens is 2. The van der Waals surface area contributed by atoms with Crippen LogP contribution in [0.2, 0.25) is 10.0 Å². The molecule has 1 amide bonds. The minimum absolute atomic E-state index is 0.102. The van der Waals surface area contributed by atoms with E-state index < -0.39 is 0 Å². The number of carbonyl (C=O) groups excluding carboxylic acids is 1. The highest BCUT2D eigenvalue weighted by Crippen LogP contribution is 2.50. The molecule has 1 fully saturated rings. The van der Waals surface area contributed by atoms with Crippen LogP contribution in [0.5, 0.6) is 5.88 Å². The molecule has 0 bridgehead atoms. The molecular weight excluding hydrogens is 339 g/mol. The van der Waals surface area contributed by atoms with Crippen molar-refractivity contribution in [2.45, 2.75) is 12.3 Å². The number of carbonyl (C=O) groups is 1. The molecule has 2 aromatic rings. The minimum atomic E-state index is -0.135. The SMILES string of the molecule is COc1nccnc1NNC(=O)[C@H]1C[C@H]1c1ccc(Cl)cc1Cl. The molecule has 1 heterocycles. The van der Waals surface area contributed by atoms with Crippen LogP contribution in [0.15, 0.2) is 30.6 Å². The number of ether oxygens (including phenoxy) is 1. The number of methoxy groups -OCH3 is 1. The summed E-state index contributed by atoms with van der Waals surface area (Å²) in [6.07, 6.45) is 3.75. The maximum Gasteiger partial charge on any atom is 0.258 e. The fourth-order valence-corrected chi connectivity index (χ4v) is 2.95. The predicted octanol–water partition coefficient (Wildman–Crippen LogP) is 3.04. The fraction of sp³-hybridized carbons (Fsp3) is 0.267. The molecule has 2 N–H and O–H groups in total. The number of rotatable bonds is 5. The van der Waals surface area contributed by atoms with Gasteiger partial charge in [0.2, 0.25) is 11.7 Å². The Hall–Kier alpha value is -2.05. The van der Waals surface area contributed by atoms with Crippen LogP contribution in [0.1, 0.15) is 17.9 Å². The molecule has 0 spiro atoms. The number of benzene rings is 1. The Kier molecular flexibility index (Phi) is 4.54. The minimum Gasteiger partial charge on any atom is -0.478 e. The molecule has 0 unspecified atom stereocenters. The molecule has 3 rings (SSSR count). The third-order valence-corrected chi connectivity index (χ3v) is 4.21. The van der Waals surface area contributed by atoms with Crippen molar-refractivity contribution in [2.75, 3.05) is 12.5 Å². The molecule has 6 nitrogen and oxygen atoms in total. The van der Waals surface area contributed by atoms with Gasteiger partial charge in [-0.2, -0.15) is 0 Å². The molecule has 1 aliphatic rings. The molecule has 23 heavy (non-hydrogen) atoms. The number of nitrogens with zero attached hydrogens (tertiary/aromatic N) is 2.